The van der Waals surface area contributed by atoms with Crippen molar-refractivity contribution < 1.29 is 9.32 Å². The van der Waals surface area contributed by atoms with E-state index in [1.54, 1.807) is 12.3 Å². The molecule has 0 aliphatic carbocycles. The van der Waals surface area contributed by atoms with Gasteiger partial charge >= 0.3 is 0 Å². The van der Waals surface area contributed by atoms with Gasteiger partial charge in [-0.25, -0.2) is 5.84 Å². The second-order valence-electron chi connectivity index (χ2n) is 3.59. The van der Waals surface area contributed by atoms with Crippen LogP contribution in [0.2, 0.25) is 0 Å². The molecule has 3 N–H and O–H groups in total. The number of carbonyl (C=O) groups excluding carboxylic acids is 1. The molecule has 0 aliphatic rings. The number of carbonyl (C=O) groups is 1. The molecule has 0 unspecified atom stereocenters. The Hall–Kier alpha value is -1.45. The summed E-state index contributed by atoms with van der Waals surface area (Å²) in [5.41, 5.74) is 1.78. The largest absolute Gasteiger partial charge is 0.359 e. The van der Waals surface area contributed by atoms with E-state index in [1.165, 1.54) is 10.6 Å². The van der Waals surface area contributed by atoms with Crippen molar-refractivity contribution in [3.8, 4) is 0 Å². The molecule has 0 spiro atoms. The van der Waals surface area contributed by atoms with E-state index in [-0.39, 0.29) is 17.8 Å². The highest BCUT2D eigenvalue weighted by molar-refractivity contribution is 9.11. The van der Waals surface area contributed by atoms with Gasteiger partial charge in [0.1, 0.15) is 0 Å². The number of nitrogens with two attached hydrogens (primary N) is 1. The molecule has 0 aromatic carbocycles. The lowest BCUT2D eigenvalue weighted by Gasteiger charge is -2.04. The van der Waals surface area contributed by atoms with Crippen molar-refractivity contribution in [2.45, 2.75) is 6.54 Å². The third-order valence-corrected chi connectivity index (χ3v) is 3.26. The van der Waals surface area contributed by atoms with Crippen LogP contribution in [0.1, 0.15) is 16.2 Å². The van der Waals surface area contributed by atoms with Crippen LogP contribution in [0.5, 0.6) is 0 Å². The molecule has 7 nitrogen and oxygen atoms in total. The Labute approximate surface area is 124 Å². The summed E-state index contributed by atoms with van der Waals surface area (Å²) >= 11 is 6.44. The summed E-state index contributed by atoms with van der Waals surface area (Å²) in [5, 5.41) is 3.55. The predicted octanol–water partition coefficient (Wildman–Crippen LogP) is 1.01. The molecular weight excluding hydrogens is 384 g/mol. The van der Waals surface area contributed by atoms with E-state index in [9.17, 15) is 9.59 Å². The van der Waals surface area contributed by atoms with Crippen molar-refractivity contribution in [3.05, 3.63) is 49.1 Å². The Morgan fingerprint density at radius 3 is 2.89 bits per heavy atom. The third-order valence-electron chi connectivity index (χ3n) is 2.26. The maximum Gasteiger partial charge on any atom is 0.287 e. The van der Waals surface area contributed by atoms with E-state index in [0.717, 1.165) is 4.47 Å². The number of amides is 1. The molecule has 0 fully saturated rings. The summed E-state index contributed by atoms with van der Waals surface area (Å²) in [6.45, 7) is 0.154. The lowest BCUT2D eigenvalue weighted by Crippen LogP contribution is -2.30. The van der Waals surface area contributed by atoms with E-state index in [1.807, 2.05) is 5.43 Å². The molecule has 100 valence electrons. The number of nitrogens with zero attached hydrogens (tertiary/aromatic N) is 2. The SMILES string of the molecule is NNC(=O)c1cc(Cn2cc(Br)cc(Br)c2=O)on1. The van der Waals surface area contributed by atoms with Crippen molar-refractivity contribution in [3.63, 3.8) is 0 Å². The standard InChI is InChI=1S/C10H8Br2N4O3/c11-5-1-7(12)10(18)16(3-5)4-6-2-8(15-19-6)9(17)14-13/h1-3H,4,13H2,(H,14,17). The van der Waals surface area contributed by atoms with Gasteiger partial charge in [0.05, 0.1) is 11.0 Å². The van der Waals surface area contributed by atoms with Crippen LogP contribution in [-0.2, 0) is 6.54 Å². The lowest BCUT2D eigenvalue weighted by molar-refractivity contribution is 0.0944. The van der Waals surface area contributed by atoms with Gasteiger partial charge in [0, 0.05) is 16.7 Å². The highest BCUT2D eigenvalue weighted by Crippen LogP contribution is 2.14. The Bertz CT molecular complexity index is 680. The molecule has 0 saturated carbocycles. The van der Waals surface area contributed by atoms with Crippen LogP contribution in [0, 0.1) is 0 Å². The Balaban J connectivity index is 2.29. The van der Waals surface area contributed by atoms with Crippen molar-refractivity contribution in [1.82, 2.24) is 15.1 Å². The van der Waals surface area contributed by atoms with E-state index in [4.69, 9.17) is 10.4 Å². The van der Waals surface area contributed by atoms with E-state index in [0.29, 0.717) is 10.2 Å². The highest BCUT2D eigenvalue weighted by atomic mass is 79.9. The van der Waals surface area contributed by atoms with Crippen LogP contribution >= 0.6 is 31.9 Å². The fourth-order valence-electron chi connectivity index (χ4n) is 1.42. The van der Waals surface area contributed by atoms with Gasteiger partial charge in [-0.1, -0.05) is 5.16 Å². The number of aromatic nitrogens is 2. The van der Waals surface area contributed by atoms with Gasteiger partial charge in [-0.3, -0.25) is 15.0 Å². The van der Waals surface area contributed by atoms with Crippen molar-refractivity contribution in [1.29, 1.82) is 0 Å². The molecule has 1 amide bonds. The highest BCUT2D eigenvalue weighted by Gasteiger charge is 2.12. The molecule has 0 bridgehead atoms. The topological polar surface area (TPSA) is 103 Å². The van der Waals surface area contributed by atoms with Crippen molar-refractivity contribution in [2.24, 2.45) is 5.84 Å². The van der Waals surface area contributed by atoms with Crippen LogP contribution in [0.4, 0.5) is 0 Å². The normalized spacial score (nSPS) is 10.5. The summed E-state index contributed by atoms with van der Waals surface area (Å²) in [4.78, 5) is 23.1. The van der Waals surface area contributed by atoms with Crippen LogP contribution in [0.25, 0.3) is 0 Å². The zero-order chi connectivity index (χ0) is 14.0. The molecular formula is C10H8Br2N4O3. The minimum absolute atomic E-state index is 0.0552. The van der Waals surface area contributed by atoms with Crippen LogP contribution in [0.3, 0.4) is 0 Å². The van der Waals surface area contributed by atoms with E-state index >= 15 is 0 Å². The van der Waals surface area contributed by atoms with E-state index in [2.05, 4.69) is 37.0 Å². The van der Waals surface area contributed by atoms with Gasteiger partial charge in [-0.15, -0.1) is 0 Å². The number of rotatable bonds is 3. The molecule has 0 aliphatic heterocycles. The quantitative estimate of drug-likeness (QED) is 0.461. The summed E-state index contributed by atoms with van der Waals surface area (Å²) < 4.78 is 7.54. The molecule has 0 radical (unpaired) electrons. The first kappa shape index (κ1) is 14.0. The first-order chi connectivity index (χ1) is 9.01. The van der Waals surface area contributed by atoms with Gasteiger partial charge < -0.3 is 9.09 Å². The minimum atomic E-state index is -0.558. The lowest BCUT2D eigenvalue weighted by atomic mass is 10.3. The summed E-state index contributed by atoms with van der Waals surface area (Å²) in [5.74, 6) is 4.79. The number of nitrogens with one attached hydrogen (secondary N) is 1. The molecule has 2 heterocycles. The second-order valence-corrected chi connectivity index (χ2v) is 5.36. The maximum absolute atomic E-state index is 11.9. The van der Waals surface area contributed by atoms with Gasteiger partial charge in [0.25, 0.3) is 11.5 Å². The average molecular weight is 392 g/mol. The number of halogens is 2. The molecule has 0 saturated heterocycles. The Kier molecular flexibility index (Phi) is 4.17. The molecule has 2 rings (SSSR count). The first-order valence-corrected chi connectivity index (χ1v) is 6.62. The molecule has 9 heteroatoms. The molecule has 0 atom stereocenters. The molecule has 19 heavy (non-hydrogen) atoms. The molecule has 2 aromatic rings. The summed E-state index contributed by atoms with van der Waals surface area (Å²) in [6.07, 6.45) is 1.61. The second kappa shape index (κ2) is 5.68. The Morgan fingerprint density at radius 2 is 2.21 bits per heavy atom. The smallest absolute Gasteiger partial charge is 0.287 e. The van der Waals surface area contributed by atoms with Gasteiger partial charge in [-0.05, 0) is 37.9 Å². The minimum Gasteiger partial charge on any atom is -0.359 e. The number of hydrazine groups is 1. The number of pyridine rings is 1. The van der Waals surface area contributed by atoms with Gasteiger partial charge in [0.2, 0.25) is 0 Å². The third kappa shape index (κ3) is 3.11. The average Bonchev–Trinajstić information content (AvgIpc) is 2.83. The first-order valence-electron chi connectivity index (χ1n) is 5.03. The Morgan fingerprint density at radius 1 is 1.47 bits per heavy atom. The summed E-state index contributed by atoms with van der Waals surface area (Å²) in [6, 6.07) is 3.07. The molecule has 2 aromatic heterocycles. The maximum atomic E-state index is 11.9. The van der Waals surface area contributed by atoms with E-state index < -0.39 is 5.91 Å². The zero-order valence-electron chi connectivity index (χ0n) is 9.39. The predicted molar refractivity (Wildman–Crippen MR) is 73.4 cm³/mol. The fraction of sp³-hybridized carbons (Fsp3) is 0.100. The van der Waals surface area contributed by atoms with Crippen LogP contribution in [0.15, 0.2) is 36.6 Å². The monoisotopic (exact) mass is 390 g/mol. The number of hydrogen-bond acceptors (Lipinski definition) is 5. The number of nitrogen functional groups attached to an aromatic ring is 1. The number of hydrogen-bond donors (Lipinski definition) is 2. The van der Waals surface area contributed by atoms with Crippen molar-refractivity contribution >= 4 is 37.8 Å². The van der Waals surface area contributed by atoms with Gasteiger partial charge in [-0.2, -0.15) is 0 Å². The van der Waals surface area contributed by atoms with Crippen LogP contribution in [-0.4, -0.2) is 15.6 Å². The van der Waals surface area contributed by atoms with Gasteiger partial charge in [0.15, 0.2) is 11.5 Å². The zero-order valence-corrected chi connectivity index (χ0v) is 12.6. The van der Waals surface area contributed by atoms with Crippen molar-refractivity contribution in [2.75, 3.05) is 0 Å². The van der Waals surface area contributed by atoms with Crippen LogP contribution < -0.4 is 16.8 Å². The summed E-state index contributed by atoms with van der Waals surface area (Å²) in [7, 11) is 0. The fourth-order valence-corrected chi connectivity index (χ4v) is 2.68.